The molecule has 9 heteroatoms. The Labute approximate surface area is 146 Å². The molecule has 0 spiro atoms. The molecule has 1 aliphatic heterocycles. The van der Waals surface area contributed by atoms with Crippen LogP contribution in [-0.4, -0.2) is 12.6 Å². The van der Waals surface area contributed by atoms with Crippen molar-refractivity contribution in [1.82, 2.24) is 0 Å². The van der Waals surface area contributed by atoms with E-state index in [1.54, 1.807) is 6.07 Å². The molecular formula is C17H14F4N2O3. The minimum absolute atomic E-state index is 0.0332. The Hall–Kier alpha value is -3.02. The van der Waals surface area contributed by atoms with Crippen LogP contribution in [0.2, 0.25) is 0 Å². The zero-order valence-corrected chi connectivity index (χ0v) is 13.8. The number of carbonyl (C=O) groups is 1. The molecule has 1 unspecified atom stereocenters. The standard InChI is InChI=1S/C17H14F4N2O3/c1-3-25-16(24)13-8(2)26-15(23)11(7-22)14(13)10-6-9(17(19,20)21)4-5-12(10)18/h4-6,14H,3,23H2,1-2H3. The quantitative estimate of drug-likeness (QED) is 0.650. The maximum Gasteiger partial charge on any atom is 0.416 e. The average molecular weight is 370 g/mol. The first-order valence-electron chi connectivity index (χ1n) is 7.43. The van der Waals surface area contributed by atoms with Crippen LogP contribution in [0, 0.1) is 17.1 Å². The Kier molecular flexibility index (Phi) is 5.25. The summed E-state index contributed by atoms with van der Waals surface area (Å²) in [6.07, 6.45) is -4.74. The normalized spacial score (nSPS) is 17.7. The van der Waals surface area contributed by atoms with E-state index in [0.717, 1.165) is 0 Å². The molecule has 1 atom stereocenters. The Balaban J connectivity index is 2.74. The Bertz CT molecular complexity index is 851. The van der Waals surface area contributed by atoms with E-state index in [4.69, 9.17) is 15.2 Å². The number of ether oxygens (including phenoxy) is 2. The molecule has 26 heavy (non-hydrogen) atoms. The highest BCUT2D eigenvalue weighted by Crippen LogP contribution is 2.42. The monoisotopic (exact) mass is 370 g/mol. The zero-order valence-electron chi connectivity index (χ0n) is 13.8. The fraction of sp³-hybridized carbons (Fsp3) is 0.294. The van der Waals surface area contributed by atoms with Crippen LogP contribution in [-0.2, 0) is 20.4 Å². The second-order valence-electron chi connectivity index (χ2n) is 5.35. The second kappa shape index (κ2) is 7.07. The van der Waals surface area contributed by atoms with Crippen molar-refractivity contribution in [2.24, 2.45) is 5.73 Å². The SMILES string of the molecule is CCOC(=O)C1=C(C)OC(N)=C(C#N)C1c1cc(C(F)(F)F)ccc1F. The maximum atomic E-state index is 14.4. The number of nitriles is 1. The number of hydrogen-bond donors (Lipinski definition) is 1. The number of carbonyl (C=O) groups excluding carboxylic acids is 1. The molecule has 0 bridgehead atoms. The number of esters is 1. The van der Waals surface area contributed by atoms with Gasteiger partial charge < -0.3 is 15.2 Å². The highest BCUT2D eigenvalue weighted by molar-refractivity contribution is 5.92. The molecule has 5 nitrogen and oxygen atoms in total. The first kappa shape index (κ1) is 19.3. The van der Waals surface area contributed by atoms with Gasteiger partial charge in [0.1, 0.15) is 23.2 Å². The Morgan fingerprint density at radius 2 is 2.08 bits per heavy atom. The van der Waals surface area contributed by atoms with E-state index in [9.17, 15) is 27.6 Å². The largest absolute Gasteiger partial charge is 0.463 e. The molecule has 2 N–H and O–H groups in total. The molecule has 0 aromatic heterocycles. The van der Waals surface area contributed by atoms with Crippen molar-refractivity contribution < 1.29 is 31.8 Å². The first-order valence-corrected chi connectivity index (χ1v) is 7.43. The summed E-state index contributed by atoms with van der Waals surface area (Å²) in [5.41, 5.74) is 3.31. The van der Waals surface area contributed by atoms with Gasteiger partial charge in [0, 0.05) is 5.56 Å². The summed E-state index contributed by atoms with van der Waals surface area (Å²) in [6, 6.07) is 3.41. The van der Waals surface area contributed by atoms with Gasteiger partial charge >= 0.3 is 12.1 Å². The molecular weight excluding hydrogens is 356 g/mol. The van der Waals surface area contributed by atoms with Crippen LogP contribution < -0.4 is 5.73 Å². The van der Waals surface area contributed by atoms with Gasteiger partial charge in [-0.3, -0.25) is 0 Å². The summed E-state index contributed by atoms with van der Waals surface area (Å²) in [7, 11) is 0. The summed E-state index contributed by atoms with van der Waals surface area (Å²) in [5.74, 6) is -3.94. The maximum absolute atomic E-state index is 14.4. The zero-order chi connectivity index (χ0) is 19.6. The topological polar surface area (TPSA) is 85.3 Å². The summed E-state index contributed by atoms with van der Waals surface area (Å²) in [4.78, 5) is 12.3. The van der Waals surface area contributed by atoms with Crippen LogP contribution in [0.15, 0.2) is 41.0 Å². The molecule has 0 amide bonds. The fourth-order valence-corrected chi connectivity index (χ4v) is 2.61. The van der Waals surface area contributed by atoms with E-state index in [0.29, 0.717) is 18.2 Å². The van der Waals surface area contributed by atoms with Gasteiger partial charge in [0.2, 0.25) is 5.88 Å². The van der Waals surface area contributed by atoms with E-state index in [-0.39, 0.29) is 23.5 Å². The smallest absolute Gasteiger partial charge is 0.416 e. The number of hydrogen-bond acceptors (Lipinski definition) is 5. The number of alkyl halides is 3. The van der Waals surface area contributed by atoms with Gasteiger partial charge in [0.25, 0.3) is 0 Å². The summed E-state index contributed by atoms with van der Waals surface area (Å²) >= 11 is 0. The molecule has 2 rings (SSSR count). The molecule has 1 aromatic carbocycles. The third kappa shape index (κ3) is 3.49. The predicted octanol–water partition coefficient (Wildman–Crippen LogP) is 3.49. The molecule has 0 aliphatic carbocycles. The van der Waals surface area contributed by atoms with Crippen LogP contribution in [0.1, 0.15) is 30.9 Å². The van der Waals surface area contributed by atoms with Crippen molar-refractivity contribution in [2.45, 2.75) is 25.9 Å². The number of nitrogens with zero attached hydrogens (tertiary/aromatic N) is 1. The van der Waals surface area contributed by atoms with E-state index in [1.807, 2.05) is 0 Å². The van der Waals surface area contributed by atoms with E-state index in [1.165, 1.54) is 13.8 Å². The minimum atomic E-state index is -4.74. The van der Waals surface area contributed by atoms with E-state index >= 15 is 0 Å². The van der Waals surface area contributed by atoms with Crippen molar-refractivity contribution in [3.63, 3.8) is 0 Å². The fourth-order valence-electron chi connectivity index (χ4n) is 2.61. The highest BCUT2D eigenvalue weighted by atomic mass is 19.4. The van der Waals surface area contributed by atoms with Gasteiger partial charge in [0.15, 0.2) is 0 Å². The number of rotatable bonds is 3. The predicted molar refractivity (Wildman–Crippen MR) is 81.4 cm³/mol. The molecule has 0 saturated carbocycles. The lowest BCUT2D eigenvalue weighted by atomic mass is 9.82. The van der Waals surface area contributed by atoms with Gasteiger partial charge in [-0.1, -0.05) is 0 Å². The lowest BCUT2D eigenvalue weighted by molar-refractivity contribution is -0.139. The number of benzene rings is 1. The van der Waals surface area contributed by atoms with Crippen LogP contribution in [0.3, 0.4) is 0 Å². The summed E-state index contributed by atoms with van der Waals surface area (Å²) in [5, 5.41) is 9.34. The van der Waals surface area contributed by atoms with Crippen molar-refractivity contribution in [1.29, 1.82) is 5.26 Å². The van der Waals surface area contributed by atoms with Crippen molar-refractivity contribution in [3.05, 3.63) is 57.9 Å². The molecule has 0 saturated heterocycles. The highest BCUT2D eigenvalue weighted by Gasteiger charge is 2.39. The average Bonchev–Trinajstić information content (AvgIpc) is 2.53. The molecule has 138 valence electrons. The molecule has 1 heterocycles. The number of nitrogens with two attached hydrogens (primary N) is 1. The lowest BCUT2D eigenvalue weighted by Crippen LogP contribution is -2.26. The van der Waals surface area contributed by atoms with Gasteiger partial charge in [0.05, 0.1) is 23.7 Å². The van der Waals surface area contributed by atoms with E-state index < -0.39 is 40.9 Å². The van der Waals surface area contributed by atoms with E-state index in [2.05, 4.69) is 0 Å². The molecule has 0 fully saturated rings. The Morgan fingerprint density at radius 1 is 1.42 bits per heavy atom. The summed E-state index contributed by atoms with van der Waals surface area (Å²) in [6.45, 7) is 2.81. The van der Waals surface area contributed by atoms with Crippen LogP contribution in [0.4, 0.5) is 17.6 Å². The molecule has 1 aliphatic rings. The van der Waals surface area contributed by atoms with Crippen LogP contribution in [0.25, 0.3) is 0 Å². The van der Waals surface area contributed by atoms with Gasteiger partial charge in [-0.15, -0.1) is 0 Å². The summed E-state index contributed by atoms with van der Waals surface area (Å²) < 4.78 is 63.4. The van der Waals surface area contributed by atoms with Crippen molar-refractivity contribution in [3.8, 4) is 6.07 Å². The van der Waals surface area contributed by atoms with Gasteiger partial charge in [-0.05, 0) is 32.0 Å². The van der Waals surface area contributed by atoms with Gasteiger partial charge in [-0.25, -0.2) is 9.18 Å². The number of allylic oxidation sites excluding steroid dienone is 2. The van der Waals surface area contributed by atoms with Crippen LogP contribution in [0.5, 0.6) is 0 Å². The Morgan fingerprint density at radius 3 is 2.62 bits per heavy atom. The van der Waals surface area contributed by atoms with Crippen LogP contribution >= 0.6 is 0 Å². The third-order valence-electron chi connectivity index (χ3n) is 3.74. The van der Waals surface area contributed by atoms with Gasteiger partial charge in [-0.2, -0.15) is 18.4 Å². The first-order chi connectivity index (χ1) is 12.1. The molecule has 1 aromatic rings. The minimum Gasteiger partial charge on any atom is -0.463 e. The third-order valence-corrected chi connectivity index (χ3v) is 3.74. The van der Waals surface area contributed by atoms with Crippen molar-refractivity contribution >= 4 is 5.97 Å². The molecule has 0 radical (unpaired) electrons. The van der Waals surface area contributed by atoms with Crippen molar-refractivity contribution in [2.75, 3.05) is 6.61 Å². The lowest BCUT2D eigenvalue weighted by Gasteiger charge is -2.27. The second-order valence-corrected chi connectivity index (χ2v) is 5.35. The number of halogens is 4.